The Morgan fingerprint density at radius 2 is 1.58 bits per heavy atom. The van der Waals surface area contributed by atoms with Crippen LogP contribution in [0, 0.1) is 31.3 Å². The SMILES string of the molecule is Cc1ccc(C)c(C(=O)c2ccc(F)c(F)c2F)c1. The molecule has 0 aromatic heterocycles. The summed E-state index contributed by atoms with van der Waals surface area (Å²) >= 11 is 0. The first-order chi connectivity index (χ1) is 8.91. The van der Waals surface area contributed by atoms with Crippen LogP contribution in [0.4, 0.5) is 13.2 Å². The van der Waals surface area contributed by atoms with Gasteiger partial charge in [0.2, 0.25) is 0 Å². The maximum absolute atomic E-state index is 13.6. The van der Waals surface area contributed by atoms with Crippen molar-refractivity contribution in [1.82, 2.24) is 0 Å². The fourth-order valence-corrected chi connectivity index (χ4v) is 1.83. The van der Waals surface area contributed by atoms with Crippen LogP contribution < -0.4 is 0 Å². The van der Waals surface area contributed by atoms with Crippen LogP contribution in [-0.2, 0) is 0 Å². The van der Waals surface area contributed by atoms with E-state index in [1.807, 2.05) is 6.07 Å². The Morgan fingerprint density at radius 3 is 2.26 bits per heavy atom. The molecule has 0 unspecified atom stereocenters. The molecule has 0 amide bonds. The van der Waals surface area contributed by atoms with Crippen molar-refractivity contribution in [3.05, 3.63) is 70.0 Å². The highest BCUT2D eigenvalue weighted by Gasteiger charge is 2.21. The molecule has 0 spiro atoms. The van der Waals surface area contributed by atoms with Crippen LogP contribution in [0.25, 0.3) is 0 Å². The van der Waals surface area contributed by atoms with Gasteiger partial charge in [0.25, 0.3) is 0 Å². The molecule has 0 saturated carbocycles. The lowest BCUT2D eigenvalue weighted by atomic mass is 9.97. The summed E-state index contributed by atoms with van der Waals surface area (Å²) in [5.41, 5.74) is 1.30. The monoisotopic (exact) mass is 264 g/mol. The van der Waals surface area contributed by atoms with Gasteiger partial charge in [-0.2, -0.15) is 0 Å². The lowest BCUT2D eigenvalue weighted by Gasteiger charge is -2.08. The summed E-state index contributed by atoms with van der Waals surface area (Å²) in [6.45, 7) is 3.49. The molecule has 0 fully saturated rings. The van der Waals surface area contributed by atoms with Gasteiger partial charge in [0.05, 0.1) is 5.56 Å². The summed E-state index contributed by atoms with van der Waals surface area (Å²) in [5, 5.41) is 0. The normalized spacial score (nSPS) is 10.6. The first-order valence-corrected chi connectivity index (χ1v) is 5.67. The molecule has 0 bridgehead atoms. The number of hydrogen-bond donors (Lipinski definition) is 0. The summed E-state index contributed by atoms with van der Waals surface area (Å²) in [4.78, 5) is 12.2. The Morgan fingerprint density at radius 1 is 0.895 bits per heavy atom. The van der Waals surface area contributed by atoms with E-state index >= 15 is 0 Å². The first kappa shape index (κ1) is 13.3. The maximum atomic E-state index is 13.6. The van der Waals surface area contributed by atoms with Gasteiger partial charge in [-0.15, -0.1) is 0 Å². The molecule has 1 nitrogen and oxygen atoms in total. The molecule has 19 heavy (non-hydrogen) atoms. The summed E-state index contributed by atoms with van der Waals surface area (Å²) < 4.78 is 39.6. The third kappa shape index (κ3) is 2.38. The molecule has 0 aliphatic carbocycles. The van der Waals surface area contributed by atoms with Crippen LogP contribution in [0.3, 0.4) is 0 Å². The second-order valence-corrected chi connectivity index (χ2v) is 4.37. The molecule has 0 saturated heterocycles. The number of aryl methyl sites for hydroxylation is 2. The Bertz CT molecular complexity index is 663. The van der Waals surface area contributed by atoms with Crippen molar-refractivity contribution in [3.63, 3.8) is 0 Å². The van der Waals surface area contributed by atoms with Crippen molar-refractivity contribution in [2.45, 2.75) is 13.8 Å². The van der Waals surface area contributed by atoms with Gasteiger partial charge in [0, 0.05) is 5.56 Å². The van der Waals surface area contributed by atoms with Crippen LogP contribution in [0.5, 0.6) is 0 Å². The molecule has 2 aromatic carbocycles. The van der Waals surface area contributed by atoms with Crippen LogP contribution in [-0.4, -0.2) is 5.78 Å². The van der Waals surface area contributed by atoms with Gasteiger partial charge < -0.3 is 0 Å². The second-order valence-electron chi connectivity index (χ2n) is 4.37. The third-order valence-corrected chi connectivity index (χ3v) is 2.92. The van der Waals surface area contributed by atoms with Crippen LogP contribution in [0.2, 0.25) is 0 Å². The quantitative estimate of drug-likeness (QED) is 0.593. The number of benzene rings is 2. The van der Waals surface area contributed by atoms with E-state index in [1.54, 1.807) is 26.0 Å². The highest BCUT2D eigenvalue weighted by Crippen LogP contribution is 2.21. The van der Waals surface area contributed by atoms with E-state index in [2.05, 4.69) is 0 Å². The molecule has 0 heterocycles. The number of ketones is 1. The number of carbonyl (C=O) groups is 1. The highest BCUT2D eigenvalue weighted by atomic mass is 19.2. The zero-order valence-corrected chi connectivity index (χ0v) is 10.4. The van der Waals surface area contributed by atoms with Crippen molar-refractivity contribution in [3.8, 4) is 0 Å². The molecule has 2 rings (SSSR count). The van der Waals surface area contributed by atoms with Gasteiger partial charge in [-0.25, -0.2) is 13.2 Å². The van der Waals surface area contributed by atoms with Crippen LogP contribution in [0.1, 0.15) is 27.0 Å². The fraction of sp³-hybridized carbons (Fsp3) is 0.133. The number of hydrogen-bond acceptors (Lipinski definition) is 1. The summed E-state index contributed by atoms with van der Waals surface area (Å²) in [6, 6.07) is 6.83. The minimum atomic E-state index is -1.63. The van der Waals surface area contributed by atoms with Gasteiger partial charge in [-0.1, -0.05) is 17.7 Å². The lowest BCUT2D eigenvalue weighted by Crippen LogP contribution is -2.09. The van der Waals surface area contributed by atoms with Gasteiger partial charge in [0.15, 0.2) is 23.2 Å². The molecule has 0 radical (unpaired) electrons. The lowest BCUT2D eigenvalue weighted by molar-refractivity contribution is 0.103. The molecular weight excluding hydrogens is 253 g/mol. The average molecular weight is 264 g/mol. The molecule has 4 heteroatoms. The Labute approximate surface area is 108 Å². The van der Waals surface area contributed by atoms with E-state index in [0.717, 1.165) is 17.7 Å². The first-order valence-electron chi connectivity index (χ1n) is 5.67. The average Bonchev–Trinajstić information content (AvgIpc) is 2.38. The third-order valence-electron chi connectivity index (χ3n) is 2.92. The van der Waals surface area contributed by atoms with E-state index in [9.17, 15) is 18.0 Å². The summed E-state index contributed by atoms with van der Waals surface area (Å²) in [6.07, 6.45) is 0. The Kier molecular flexibility index (Phi) is 3.42. The number of carbonyl (C=O) groups excluding carboxylic acids is 1. The van der Waals surface area contributed by atoms with Gasteiger partial charge in [0.1, 0.15) is 0 Å². The topological polar surface area (TPSA) is 17.1 Å². The molecule has 0 N–H and O–H groups in total. The second kappa shape index (κ2) is 4.88. The maximum Gasteiger partial charge on any atom is 0.196 e. The predicted octanol–water partition coefficient (Wildman–Crippen LogP) is 3.95. The van der Waals surface area contributed by atoms with Crippen molar-refractivity contribution in [2.24, 2.45) is 0 Å². The minimum absolute atomic E-state index is 0.282. The van der Waals surface area contributed by atoms with E-state index in [4.69, 9.17) is 0 Å². The fourth-order valence-electron chi connectivity index (χ4n) is 1.83. The van der Waals surface area contributed by atoms with E-state index in [0.29, 0.717) is 5.56 Å². The summed E-state index contributed by atoms with van der Waals surface area (Å²) in [5.74, 6) is -5.05. The molecule has 0 atom stereocenters. The Hall–Kier alpha value is -2.10. The molecule has 0 aliphatic rings. The van der Waals surface area contributed by atoms with Gasteiger partial charge in [-0.05, 0) is 37.6 Å². The smallest absolute Gasteiger partial charge is 0.196 e. The zero-order chi connectivity index (χ0) is 14.2. The number of halogens is 3. The van der Waals surface area contributed by atoms with Crippen LogP contribution in [0.15, 0.2) is 30.3 Å². The largest absolute Gasteiger partial charge is 0.288 e. The summed E-state index contributed by atoms with van der Waals surface area (Å²) in [7, 11) is 0. The van der Waals surface area contributed by atoms with E-state index < -0.39 is 28.8 Å². The number of rotatable bonds is 2. The van der Waals surface area contributed by atoms with E-state index in [-0.39, 0.29) is 5.56 Å². The predicted molar refractivity (Wildman–Crippen MR) is 65.7 cm³/mol. The Balaban J connectivity index is 2.56. The van der Waals surface area contributed by atoms with Crippen LogP contribution >= 0.6 is 0 Å². The van der Waals surface area contributed by atoms with Gasteiger partial charge >= 0.3 is 0 Å². The molecular formula is C15H11F3O. The minimum Gasteiger partial charge on any atom is -0.288 e. The molecule has 98 valence electrons. The van der Waals surface area contributed by atoms with Crippen molar-refractivity contribution in [2.75, 3.05) is 0 Å². The molecule has 2 aromatic rings. The van der Waals surface area contributed by atoms with Crippen molar-refractivity contribution < 1.29 is 18.0 Å². The van der Waals surface area contributed by atoms with Crippen molar-refractivity contribution >= 4 is 5.78 Å². The van der Waals surface area contributed by atoms with E-state index in [1.165, 1.54) is 0 Å². The molecule has 0 aliphatic heterocycles. The highest BCUT2D eigenvalue weighted by molar-refractivity contribution is 6.10. The zero-order valence-electron chi connectivity index (χ0n) is 10.4. The van der Waals surface area contributed by atoms with Crippen molar-refractivity contribution in [1.29, 1.82) is 0 Å². The standard InChI is InChI=1S/C15H11F3O/c1-8-3-4-9(2)11(7-8)15(19)10-5-6-12(16)14(18)13(10)17/h3-7H,1-2H3. The van der Waals surface area contributed by atoms with Gasteiger partial charge in [-0.3, -0.25) is 4.79 Å².